The smallest absolute Gasteiger partial charge is 0.341 e. The molecule has 0 unspecified atom stereocenters. The third kappa shape index (κ3) is 5.55. The molecule has 4 rings (SSSR count). The number of carboxylic acid groups (broad SMARTS) is 1. The van der Waals surface area contributed by atoms with Gasteiger partial charge < -0.3 is 19.3 Å². The Morgan fingerprint density at radius 3 is 2.33 bits per heavy atom. The number of aryl methyl sites for hydroxylation is 2. The molecule has 0 atom stereocenters. The fourth-order valence-electron chi connectivity index (χ4n) is 4.34. The lowest BCUT2D eigenvalue weighted by molar-refractivity contribution is -0.139. The van der Waals surface area contributed by atoms with Crippen LogP contribution in [0.15, 0.2) is 66.7 Å². The third-order valence-corrected chi connectivity index (χ3v) is 5.88. The summed E-state index contributed by atoms with van der Waals surface area (Å²) in [5.41, 5.74) is 7.63. The van der Waals surface area contributed by atoms with Crippen molar-refractivity contribution in [2.45, 2.75) is 25.7 Å². The van der Waals surface area contributed by atoms with E-state index in [1.54, 1.807) is 20.3 Å². The maximum absolute atomic E-state index is 10.8. The Kier molecular flexibility index (Phi) is 6.98. The second kappa shape index (κ2) is 10.3. The molecule has 0 aromatic heterocycles. The summed E-state index contributed by atoms with van der Waals surface area (Å²) in [6.07, 6.45) is 5.82. The molecule has 0 saturated carbocycles. The fraction of sp³-hybridized carbons (Fsp3) is 0.250. The third-order valence-electron chi connectivity index (χ3n) is 5.88. The van der Waals surface area contributed by atoms with Gasteiger partial charge in [-0.3, -0.25) is 0 Å². The van der Waals surface area contributed by atoms with Gasteiger partial charge in [0, 0.05) is 6.07 Å². The average Bonchev–Trinajstić information content (AvgIpc) is 3.24. The monoisotopic (exact) mass is 444 g/mol. The molecular weight excluding hydrogens is 416 g/mol. The lowest BCUT2D eigenvalue weighted by Crippen LogP contribution is -2.09. The second-order valence-electron chi connectivity index (χ2n) is 8.11. The van der Waals surface area contributed by atoms with Crippen LogP contribution in [0.5, 0.6) is 17.2 Å². The Labute approximate surface area is 194 Å². The van der Waals surface area contributed by atoms with Crippen LogP contribution in [-0.2, 0) is 30.5 Å². The van der Waals surface area contributed by atoms with Crippen LogP contribution in [0.25, 0.3) is 5.57 Å². The van der Waals surface area contributed by atoms with Gasteiger partial charge in [0.25, 0.3) is 0 Å². The first-order valence-electron chi connectivity index (χ1n) is 11.0. The Balaban J connectivity index is 1.51. The standard InChI is InChI=1S/C28H28O5/c1-31-25-15-20(16-26(17-25)32-2)13-23-12-11-22-7-4-6-21(28(22)23)10-9-19-5-3-8-24(14-19)33-18-27(29)30/h3-8,12,14-17H,9-11,13,18H2,1-2H3,(H,29,30). The van der Waals surface area contributed by atoms with Crippen LogP contribution < -0.4 is 14.2 Å². The van der Waals surface area contributed by atoms with Crippen LogP contribution in [0.1, 0.15) is 27.8 Å². The molecule has 3 aromatic carbocycles. The summed E-state index contributed by atoms with van der Waals surface area (Å²) in [6, 6.07) is 20.2. The number of carboxylic acids is 1. The molecule has 3 aromatic rings. The number of benzene rings is 3. The van der Waals surface area contributed by atoms with Crippen molar-refractivity contribution in [2.24, 2.45) is 0 Å². The van der Waals surface area contributed by atoms with Crippen LogP contribution in [0, 0.1) is 0 Å². The average molecular weight is 445 g/mol. The lowest BCUT2D eigenvalue weighted by atomic mass is 9.91. The number of ether oxygens (including phenoxy) is 3. The highest BCUT2D eigenvalue weighted by Gasteiger charge is 2.18. The number of carbonyl (C=O) groups is 1. The zero-order valence-electron chi connectivity index (χ0n) is 19.0. The summed E-state index contributed by atoms with van der Waals surface area (Å²) in [4.78, 5) is 10.8. The van der Waals surface area contributed by atoms with Gasteiger partial charge in [-0.15, -0.1) is 0 Å². The van der Waals surface area contributed by atoms with E-state index in [-0.39, 0.29) is 6.61 Å². The molecule has 0 bridgehead atoms. The first-order chi connectivity index (χ1) is 16.1. The largest absolute Gasteiger partial charge is 0.497 e. The highest BCUT2D eigenvalue weighted by molar-refractivity contribution is 5.77. The molecule has 0 spiro atoms. The van der Waals surface area contributed by atoms with Crippen molar-refractivity contribution in [1.29, 1.82) is 0 Å². The molecule has 1 aliphatic rings. The van der Waals surface area contributed by atoms with Crippen molar-refractivity contribution in [3.05, 3.63) is 94.6 Å². The first kappa shape index (κ1) is 22.5. The van der Waals surface area contributed by atoms with Gasteiger partial charge in [0.1, 0.15) is 17.2 Å². The van der Waals surface area contributed by atoms with Crippen LogP contribution in [0.3, 0.4) is 0 Å². The number of methoxy groups -OCH3 is 2. The number of fused-ring (bicyclic) bond motifs is 1. The summed E-state index contributed by atoms with van der Waals surface area (Å²) in [6.45, 7) is -0.334. The Morgan fingerprint density at radius 2 is 1.61 bits per heavy atom. The Bertz CT molecular complexity index is 1160. The molecule has 1 aliphatic carbocycles. The van der Waals surface area contributed by atoms with Crippen LogP contribution >= 0.6 is 0 Å². The lowest BCUT2D eigenvalue weighted by Gasteiger charge is -2.14. The van der Waals surface area contributed by atoms with E-state index in [2.05, 4.69) is 42.5 Å². The number of hydrogen-bond acceptors (Lipinski definition) is 4. The zero-order valence-corrected chi connectivity index (χ0v) is 19.0. The van der Waals surface area contributed by atoms with Gasteiger partial charge in [0.15, 0.2) is 6.61 Å². The minimum atomic E-state index is -0.978. The SMILES string of the molecule is COc1cc(CC2=CCc3cccc(CCc4cccc(OCC(=O)O)c4)c32)cc(OC)c1. The molecule has 170 valence electrons. The van der Waals surface area contributed by atoms with Gasteiger partial charge in [-0.25, -0.2) is 4.79 Å². The van der Waals surface area contributed by atoms with E-state index in [4.69, 9.17) is 19.3 Å². The van der Waals surface area contributed by atoms with E-state index in [1.807, 2.05) is 18.2 Å². The van der Waals surface area contributed by atoms with Gasteiger partial charge in [-0.1, -0.05) is 36.4 Å². The Morgan fingerprint density at radius 1 is 0.879 bits per heavy atom. The molecule has 5 nitrogen and oxygen atoms in total. The quantitative estimate of drug-likeness (QED) is 0.469. The maximum Gasteiger partial charge on any atom is 0.341 e. The predicted molar refractivity (Wildman–Crippen MR) is 128 cm³/mol. The highest BCUT2D eigenvalue weighted by atomic mass is 16.5. The summed E-state index contributed by atoms with van der Waals surface area (Å²) < 4.78 is 16.2. The molecule has 33 heavy (non-hydrogen) atoms. The summed E-state index contributed by atoms with van der Waals surface area (Å²) in [5.74, 6) is 1.19. The molecule has 0 heterocycles. The number of hydrogen-bond donors (Lipinski definition) is 1. The first-order valence-corrected chi connectivity index (χ1v) is 11.0. The molecule has 0 amide bonds. The van der Waals surface area contributed by atoms with Crippen molar-refractivity contribution in [1.82, 2.24) is 0 Å². The van der Waals surface area contributed by atoms with Crippen molar-refractivity contribution in [3.8, 4) is 17.2 Å². The molecule has 0 radical (unpaired) electrons. The van der Waals surface area contributed by atoms with Gasteiger partial charge in [0.2, 0.25) is 0 Å². The van der Waals surface area contributed by atoms with E-state index in [0.717, 1.165) is 48.3 Å². The van der Waals surface area contributed by atoms with Crippen molar-refractivity contribution < 1.29 is 24.1 Å². The van der Waals surface area contributed by atoms with Gasteiger partial charge in [-0.2, -0.15) is 0 Å². The molecule has 0 saturated heterocycles. The highest BCUT2D eigenvalue weighted by Crippen LogP contribution is 2.35. The summed E-state index contributed by atoms with van der Waals surface area (Å²) in [5, 5.41) is 8.83. The summed E-state index contributed by atoms with van der Waals surface area (Å²) >= 11 is 0. The molecule has 0 fully saturated rings. The predicted octanol–water partition coefficient (Wildman–Crippen LogP) is 5.13. The fourth-order valence-corrected chi connectivity index (χ4v) is 4.34. The van der Waals surface area contributed by atoms with Gasteiger partial charge >= 0.3 is 5.97 Å². The van der Waals surface area contributed by atoms with E-state index < -0.39 is 5.97 Å². The second-order valence-corrected chi connectivity index (χ2v) is 8.11. The van der Waals surface area contributed by atoms with E-state index >= 15 is 0 Å². The summed E-state index contributed by atoms with van der Waals surface area (Å²) in [7, 11) is 3.34. The van der Waals surface area contributed by atoms with Crippen LogP contribution in [0.2, 0.25) is 0 Å². The number of rotatable bonds is 10. The molecule has 5 heteroatoms. The zero-order chi connectivity index (χ0) is 23.2. The minimum absolute atomic E-state index is 0.334. The van der Waals surface area contributed by atoms with Gasteiger partial charge in [-0.05, 0) is 83.3 Å². The van der Waals surface area contributed by atoms with Crippen molar-refractivity contribution in [2.75, 3.05) is 20.8 Å². The van der Waals surface area contributed by atoms with Gasteiger partial charge in [0.05, 0.1) is 14.2 Å². The van der Waals surface area contributed by atoms with E-state index in [1.165, 1.54) is 22.3 Å². The topological polar surface area (TPSA) is 65.0 Å². The van der Waals surface area contributed by atoms with E-state index in [9.17, 15) is 4.79 Å². The molecule has 1 N–H and O–H groups in total. The molecule has 0 aliphatic heterocycles. The molecular formula is C28H28O5. The number of allylic oxidation sites excluding steroid dienone is 2. The van der Waals surface area contributed by atoms with E-state index in [0.29, 0.717) is 5.75 Å². The van der Waals surface area contributed by atoms with Crippen LogP contribution in [-0.4, -0.2) is 31.9 Å². The van der Waals surface area contributed by atoms with Crippen LogP contribution in [0.4, 0.5) is 0 Å². The van der Waals surface area contributed by atoms with Crippen molar-refractivity contribution in [3.63, 3.8) is 0 Å². The number of aliphatic carboxylic acids is 1. The normalized spacial score (nSPS) is 12.1. The minimum Gasteiger partial charge on any atom is -0.497 e. The maximum atomic E-state index is 10.8. The Hall–Kier alpha value is -3.73. The van der Waals surface area contributed by atoms with Crippen molar-refractivity contribution >= 4 is 11.5 Å².